The third-order valence-electron chi connectivity index (χ3n) is 3.53. The molecule has 1 aromatic carbocycles. The molecule has 1 saturated heterocycles. The van der Waals surface area contributed by atoms with Gasteiger partial charge >= 0.3 is 0 Å². The maximum atomic E-state index is 10.8. The summed E-state index contributed by atoms with van der Waals surface area (Å²) in [5.74, 6) is 0. The SMILES string of the molecule is Cc1cc(N2CCN(CCO)CC2)ccc1[N+](=O)[O-]. The van der Waals surface area contributed by atoms with Crippen molar-refractivity contribution in [1.82, 2.24) is 4.90 Å². The van der Waals surface area contributed by atoms with E-state index in [1.165, 1.54) is 0 Å². The van der Waals surface area contributed by atoms with E-state index in [2.05, 4.69) is 9.80 Å². The van der Waals surface area contributed by atoms with E-state index in [1.807, 2.05) is 12.1 Å². The van der Waals surface area contributed by atoms with Gasteiger partial charge in [0.1, 0.15) is 0 Å². The van der Waals surface area contributed by atoms with Crippen molar-refractivity contribution in [1.29, 1.82) is 0 Å². The number of aliphatic hydroxyl groups is 1. The van der Waals surface area contributed by atoms with Gasteiger partial charge in [-0.05, 0) is 19.1 Å². The number of rotatable bonds is 4. The van der Waals surface area contributed by atoms with Crippen molar-refractivity contribution in [2.24, 2.45) is 0 Å². The molecule has 0 bridgehead atoms. The summed E-state index contributed by atoms with van der Waals surface area (Å²) in [6.07, 6.45) is 0. The molecule has 0 saturated carbocycles. The van der Waals surface area contributed by atoms with Crippen molar-refractivity contribution in [2.45, 2.75) is 6.92 Å². The molecule has 19 heavy (non-hydrogen) atoms. The lowest BCUT2D eigenvalue weighted by atomic mass is 10.1. The van der Waals surface area contributed by atoms with Crippen LogP contribution in [-0.2, 0) is 0 Å². The van der Waals surface area contributed by atoms with Gasteiger partial charge in [-0.1, -0.05) is 0 Å². The zero-order valence-corrected chi connectivity index (χ0v) is 11.1. The molecule has 2 rings (SSSR count). The van der Waals surface area contributed by atoms with E-state index < -0.39 is 0 Å². The minimum absolute atomic E-state index is 0.169. The minimum Gasteiger partial charge on any atom is -0.395 e. The summed E-state index contributed by atoms with van der Waals surface area (Å²) in [6.45, 7) is 6.27. The van der Waals surface area contributed by atoms with Gasteiger partial charge in [0.2, 0.25) is 0 Å². The number of benzene rings is 1. The monoisotopic (exact) mass is 265 g/mol. The normalized spacial score (nSPS) is 16.6. The third kappa shape index (κ3) is 3.21. The lowest BCUT2D eigenvalue weighted by molar-refractivity contribution is -0.385. The Morgan fingerprint density at radius 2 is 2.00 bits per heavy atom. The van der Waals surface area contributed by atoms with E-state index >= 15 is 0 Å². The van der Waals surface area contributed by atoms with Crippen molar-refractivity contribution in [3.8, 4) is 0 Å². The molecule has 0 atom stereocenters. The Labute approximate surface area is 112 Å². The average Bonchev–Trinajstić information content (AvgIpc) is 2.39. The Kier molecular flexibility index (Phi) is 4.34. The number of aliphatic hydroxyl groups excluding tert-OH is 1. The highest BCUT2D eigenvalue weighted by Crippen LogP contribution is 2.24. The fourth-order valence-corrected chi connectivity index (χ4v) is 2.41. The van der Waals surface area contributed by atoms with Gasteiger partial charge in [-0.15, -0.1) is 0 Å². The molecule has 1 heterocycles. The predicted molar refractivity (Wildman–Crippen MR) is 73.6 cm³/mol. The molecule has 0 aromatic heterocycles. The first-order valence-corrected chi connectivity index (χ1v) is 6.45. The van der Waals surface area contributed by atoms with Crippen LogP contribution in [0.4, 0.5) is 11.4 Å². The summed E-state index contributed by atoms with van der Waals surface area (Å²) in [4.78, 5) is 14.9. The second kappa shape index (κ2) is 5.99. The standard InChI is InChI=1S/C13H19N3O3/c1-11-10-12(2-3-13(11)16(18)19)15-6-4-14(5-7-15)8-9-17/h2-3,10,17H,4-9H2,1H3. The molecule has 1 aliphatic heterocycles. The number of aryl methyl sites for hydroxylation is 1. The molecule has 0 radical (unpaired) electrons. The van der Waals surface area contributed by atoms with Gasteiger partial charge in [-0.2, -0.15) is 0 Å². The van der Waals surface area contributed by atoms with Crippen LogP contribution in [0, 0.1) is 17.0 Å². The zero-order valence-electron chi connectivity index (χ0n) is 11.1. The molecule has 104 valence electrons. The van der Waals surface area contributed by atoms with Crippen molar-refractivity contribution >= 4 is 11.4 Å². The van der Waals surface area contributed by atoms with Crippen LogP contribution in [-0.4, -0.2) is 54.3 Å². The van der Waals surface area contributed by atoms with Crippen LogP contribution in [0.5, 0.6) is 0 Å². The summed E-state index contributed by atoms with van der Waals surface area (Å²) in [7, 11) is 0. The van der Waals surface area contributed by atoms with Gasteiger partial charge in [0, 0.05) is 50.0 Å². The van der Waals surface area contributed by atoms with Crippen molar-refractivity contribution in [2.75, 3.05) is 44.2 Å². The minimum atomic E-state index is -0.349. The fourth-order valence-electron chi connectivity index (χ4n) is 2.41. The molecule has 0 amide bonds. The van der Waals surface area contributed by atoms with Crippen molar-refractivity contribution in [3.05, 3.63) is 33.9 Å². The van der Waals surface area contributed by atoms with Gasteiger partial charge < -0.3 is 10.0 Å². The lowest BCUT2D eigenvalue weighted by Gasteiger charge is -2.35. The van der Waals surface area contributed by atoms with E-state index in [4.69, 9.17) is 5.11 Å². The number of piperazine rings is 1. The number of hydrogen-bond donors (Lipinski definition) is 1. The second-order valence-electron chi connectivity index (χ2n) is 4.78. The van der Waals surface area contributed by atoms with Crippen LogP contribution in [0.1, 0.15) is 5.56 Å². The van der Waals surface area contributed by atoms with Gasteiger partial charge in [-0.25, -0.2) is 0 Å². The summed E-state index contributed by atoms with van der Waals surface area (Å²) >= 11 is 0. The lowest BCUT2D eigenvalue weighted by Crippen LogP contribution is -2.47. The average molecular weight is 265 g/mol. The van der Waals surface area contributed by atoms with E-state index in [0.717, 1.165) is 31.9 Å². The van der Waals surface area contributed by atoms with Crippen LogP contribution in [0.2, 0.25) is 0 Å². The Balaban J connectivity index is 2.04. The second-order valence-corrected chi connectivity index (χ2v) is 4.78. The highest BCUT2D eigenvalue weighted by Gasteiger charge is 2.18. The van der Waals surface area contributed by atoms with Crippen LogP contribution < -0.4 is 4.90 Å². The maximum Gasteiger partial charge on any atom is 0.272 e. The molecule has 1 aromatic rings. The Morgan fingerprint density at radius 1 is 1.32 bits per heavy atom. The quantitative estimate of drug-likeness (QED) is 0.650. The first-order valence-electron chi connectivity index (χ1n) is 6.45. The molecule has 6 nitrogen and oxygen atoms in total. The summed E-state index contributed by atoms with van der Waals surface area (Å²) < 4.78 is 0. The van der Waals surface area contributed by atoms with Crippen LogP contribution in [0.15, 0.2) is 18.2 Å². The molecule has 0 aliphatic carbocycles. The molecule has 1 aliphatic rings. The van der Waals surface area contributed by atoms with E-state index in [-0.39, 0.29) is 17.2 Å². The predicted octanol–water partition coefficient (Wildman–Crippen LogP) is 1.02. The summed E-state index contributed by atoms with van der Waals surface area (Å²) in [5.41, 5.74) is 1.90. The molecular weight excluding hydrogens is 246 g/mol. The summed E-state index contributed by atoms with van der Waals surface area (Å²) in [5, 5.41) is 19.7. The molecule has 0 unspecified atom stereocenters. The van der Waals surface area contributed by atoms with Gasteiger partial charge in [0.25, 0.3) is 5.69 Å². The van der Waals surface area contributed by atoms with Gasteiger partial charge in [0.15, 0.2) is 0 Å². The number of nitrogens with zero attached hydrogens (tertiary/aromatic N) is 3. The molecule has 1 N–H and O–H groups in total. The van der Waals surface area contributed by atoms with E-state index in [0.29, 0.717) is 12.1 Å². The Bertz CT molecular complexity index is 456. The van der Waals surface area contributed by atoms with Gasteiger partial charge in [0.05, 0.1) is 11.5 Å². The molecule has 0 spiro atoms. The molecule has 1 fully saturated rings. The first kappa shape index (κ1) is 13.8. The maximum absolute atomic E-state index is 10.8. The van der Waals surface area contributed by atoms with Crippen molar-refractivity contribution in [3.63, 3.8) is 0 Å². The van der Waals surface area contributed by atoms with E-state index in [9.17, 15) is 10.1 Å². The number of nitro groups is 1. The molecule has 6 heteroatoms. The number of hydrogen-bond acceptors (Lipinski definition) is 5. The van der Waals surface area contributed by atoms with E-state index in [1.54, 1.807) is 13.0 Å². The fraction of sp³-hybridized carbons (Fsp3) is 0.538. The number of β-amino-alcohol motifs (C(OH)–C–C–N with tert-alkyl or cyclic N) is 1. The van der Waals surface area contributed by atoms with Gasteiger partial charge in [-0.3, -0.25) is 15.0 Å². The Hall–Kier alpha value is -1.66. The third-order valence-corrected chi connectivity index (χ3v) is 3.53. The number of anilines is 1. The highest BCUT2D eigenvalue weighted by atomic mass is 16.6. The highest BCUT2D eigenvalue weighted by molar-refractivity contribution is 5.55. The van der Waals surface area contributed by atoms with Crippen LogP contribution in [0.25, 0.3) is 0 Å². The smallest absolute Gasteiger partial charge is 0.272 e. The zero-order chi connectivity index (χ0) is 13.8. The van der Waals surface area contributed by atoms with Crippen molar-refractivity contribution < 1.29 is 10.0 Å². The van der Waals surface area contributed by atoms with Crippen LogP contribution in [0.3, 0.4) is 0 Å². The van der Waals surface area contributed by atoms with Crippen LogP contribution >= 0.6 is 0 Å². The molecular formula is C13H19N3O3. The number of nitro benzene ring substituents is 1. The Morgan fingerprint density at radius 3 is 2.53 bits per heavy atom. The largest absolute Gasteiger partial charge is 0.395 e. The summed E-state index contributed by atoms with van der Waals surface area (Å²) in [6, 6.07) is 5.26. The first-order chi connectivity index (χ1) is 9.11. The topological polar surface area (TPSA) is 69.8 Å².